The highest BCUT2D eigenvalue weighted by atomic mass is 16.1. The fourth-order valence-electron chi connectivity index (χ4n) is 1.95. The van der Waals surface area contributed by atoms with E-state index in [2.05, 4.69) is 46.5 Å². The van der Waals surface area contributed by atoms with Crippen molar-refractivity contribution in [3.63, 3.8) is 0 Å². The summed E-state index contributed by atoms with van der Waals surface area (Å²) in [5, 5.41) is 16.8. The van der Waals surface area contributed by atoms with Gasteiger partial charge in [0, 0.05) is 28.4 Å². The molecule has 0 bridgehead atoms. The lowest BCUT2D eigenvalue weighted by Gasteiger charge is -2.14. The van der Waals surface area contributed by atoms with Crippen molar-refractivity contribution < 1.29 is 4.79 Å². The van der Waals surface area contributed by atoms with E-state index in [1.54, 1.807) is 0 Å². The number of aryl methyl sites for hydroxylation is 2. The summed E-state index contributed by atoms with van der Waals surface area (Å²) in [5.41, 5.74) is 3.69. The third-order valence-electron chi connectivity index (χ3n) is 3.27. The summed E-state index contributed by atoms with van der Waals surface area (Å²) < 4.78 is 0. The molecular formula is C14H21N5O. The number of nitrogens with one attached hydrogen (secondary N) is 3. The maximum atomic E-state index is 12.0. The Hall–Kier alpha value is -2.11. The van der Waals surface area contributed by atoms with Gasteiger partial charge in [0.1, 0.15) is 0 Å². The monoisotopic (exact) mass is 275 g/mol. The van der Waals surface area contributed by atoms with Gasteiger partial charge in [-0.25, -0.2) is 0 Å². The molecule has 0 aliphatic rings. The smallest absolute Gasteiger partial charge is 0.230 e. The summed E-state index contributed by atoms with van der Waals surface area (Å²) in [6.45, 7) is 10.1. The number of amides is 1. The molecule has 6 nitrogen and oxygen atoms in total. The molecule has 3 N–H and O–H groups in total. The van der Waals surface area contributed by atoms with E-state index in [4.69, 9.17) is 0 Å². The average molecular weight is 275 g/mol. The Morgan fingerprint density at radius 2 is 1.95 bits per heavy atom. The van der Waals surface area contributed by atoms with E-state index in [0.29, 0.717) is 12.2 Å². The summed E-state index contributed by atoms with van der Waals surface area (Å²) in [6, 6.07) is 1.87. The van der Waals surface area contributed by atoms with Crippen LogP contribution in [0.1, 0.15) is 43.4 Å². The Bertz CT molecular complexity index is 598. The van der Waals surface area contributed by atoms with Crippen molar-refractivity contribution in [2.75, 3.05) is 5.32 Å². The first kappa shape index (κ1) is 14.3. The van der Waals surface area contributed by atoms with Gasteiger partial charge < -0.3 is 5.32 Å². The molecular weight excluding hydrogens is 254 g/mol. The van der Waals surface area contributed by atoms with Gasteiger partial charge in [0.05, 0.1) is 12.1 Å². The quantitative estimate of drug-likeness (QED) is 0.802. The molecule has 0 aliphatic heterocycles. The Balaban J connectivity index is 2.04. The molecule has 2 aromatic rings. The highest BCUT2D eigenvalue weighted by Gasteiger charge is 2.18. The number of H-pyrrole nitrogens is 2. The largest absolute Gasteiger partial charge is 0.309 e. The SMILES string of the molecule is Cc1n[nH]c(C)c1CC(=O)Nc1cc(C(C)(C)C)[nH]n1. The van der Waals surface area contributed by atoms with Crippen molar-refractivity contribution in [1.29, 1.82) is 0 Å². The van der Waals surface area contributed by atoms with E-state index < -0.39 is 0 Å². The van der Waals surface area contributed by atoms with Crippen molar-refractivity contribution in [3.8, 4) is 0 Å². The van der Waals surface area contributed by atoms with Gasteiger partial charge in [0.2, 0.25) is 5.91 Å². The fourth-order valence-corrected chi connectivity index (χ4v) is 1.95. The summed E-state index contributed by atoms with van der Waals surface area (Å²) in [7, 11) is 0. The minimum Gasteiger partial charge on any atom is -0.309 e. The van der Waals surface area contributed by atoms with Gasteiger partial charge in [-0.05, 0) is 13.8 Å². The minimum atomic E-state index is -0.0930. The van der Waals surface area contributed by atoms with Crippen molar-refractivity contribution in [2.45, 2.75) is 46.5 Å². The van der Waals surface area contributed by atoms with E-state index in [9.17, 15) is 4.79 Å². The normalized spacial score (nSPS) is 11.7. The van der Waals surface area contributed by atoms with Crippen LogP contribution in [-0.2, 0) is 16.6 Å². The molecule has 0 fully saturated rings. The number of rotatable bonds is 3. The van der Waals surface area contributed by atoms with E-state index in [0.717, 1.165) is 22.6 Å². The number of hydrogen-bond donors (Lipinski definition) is 3. The van der Waals surface area contributed by atoms with E-state index in [1.165, 1.54) is 0 Å². The van der Waals surface area contributed by atoms with Crippen LogP contribution in [0.3, 0.4) is 0 Å². The molecule has 0 atom stereocenters. The van der Waals surface area contributed by atoms with E-state index in [1.807, 2.05) is 19.9 Å². The molecule has 6 heteroatoms. The van der Waals surface area contributed by atoms with Crippen LogP contribution >= 0.6 is 0 Å². The number of carbonyl (C=O) groups is 1. The zero-order valence-corrected chi connectivity index (χ0v) is 12.6. The van der Waals surface area contributed by atoms with Gasteiger partial charge in [0.15, 0.2) is 5.82 Å². The Morgan fingerprint density at radius 1 is 1.25 bits per heavy atom. The molecule has 1 amide bonds. The number of anilines is 1. The van der Waals surface area contributed by atoms with E-state index in [-0.39, 0.29) is 11.3 Å². The zero-order chi connectivity index (χ0) is 14.9. The second kappa shape index (κ2) is 5.11. The van der Waals surface area contributed by atoms with Crippen LogP contribution < -0.4 is 5.32 Å². The third kappa shape index (κ3) is 3.07. The molecule has 0 radical (unpaired) electrons. The van der Waals surface area contributed by atoms with Gasteiger partial charge in [-0.3, -0.25) is 15.0 Å². The number of nitrogens with zero attached hydrogens (tertiary/aromatic N) is 2. The molecule has 0 unspecified atom stereocenters. The van der Waals surface area contributed by atoms with E-state index >= 15 is 0 Å². The average Bonchev–Trinajstić information content (AvgIpc) is 2.90. The second-order valence-corrected chi connectivity index (χ2v) is 6.05. The van der Waals surface area contributed by atoms with Crippen LogP contribution in [0.25, 0.3) is 0 Å². The molecule has 0 saturated heterocycles. The molecule has 2 rings (SSSR count). The predicted molar refractivity (Wildman–Crippen MR) is 77.7 cm³/mol. The number of aromatic amines is 2. The second-order valence-electron chi connectivity index (χ2n) is 6.05. The Labute approximate surface area is 118 Å². The molecule has 0 spiro atoms. The maximum Gasteiger partial charge on any atom is 0.230 e. The minimum absolute atomic E-state index is 0.0201. The lowest BCUT2D eigenvalue weighted by atomic mass is 9.92. The van der Waals surface area contributed by atoms with Gasteiger partial charge in [-0.1, -0.05) is 20.8 Å². The van der Waals surface area contributed by atoms with Crippen LogP contribution in [0.5, 0.6) is 0 Å². The first-order valence-electron chi connectivity index (χ1n) is 6.63. The fraction of sp³-hybridized carbons (Fsp3) is 0.500. The maximum absolute atomic E-state index is 12.0. The van der Waals surface area contributed by atoms with Crippen LogP contribution in [0.4, 0.5) is 5.82 Å². The van der Waals surface area contributed by atoms with Crippen molar-refractivity contribution >= 4 is 11.7 Å². The highest BCUT2D eigenvalue weighted by Crippen LogP contribution is 2.22. The third-order valence-corrected chi connectivity index (χ3v) is 3.27. The Kier molecular flexibility index (Phi) is 3.65. The van der Waals surface area contributed by atoms with Gasteiger partial charge in [-0.15, -0.1) is 0 Å². The molecule has 0 aliphatic carbocycles. The number of aromatic nitrogens is 4. The van der Waals surface area contributed by atoms with Gasteiger partial charge in [0.25, 0.3) is 0 Å². The van der Waals surface area contributed by atoms with Crippen LogP contribution in [0.2, 0.25) is 0 Å². The first-order chi connectivity index (χ1) is 9.27. The van der Waals surface area contributed by atoms with Crippen molar-refractivity contribution in [2.24, 2.45) is 0 Å². The summed E-state index contributed by atoms with van der Waals surface area (Å²) in [6.07, 6.45) is 0.297. The predicted octanol–water partition coefficient (Wildman–Crippen LogP) is 2.23. The lowest BCUT2D eigenvalue weighted by molar-refractivity contribution is -0.115. The van der Waals surface area contributed by atoms with Gasteiger partial charge in [-0.2, -0.15) is 10.2 Å². The van der Waals surface area contributed by atoms with Crippen molar-refractivity contribution in [3.05, 3.63) is 28.7 Å². The van der Waals surface area contributed by atoms with Crippen LogP contribution in [0, 0.1) is 13.8 Å². The summed E-state index contributed by atoms with van der Waals surface area (Å²) >= 11 is 0. The van der Waals surface area contributed by atoms with Crippen molar-refractivity contribution in [1.82, 2.24) is 20.4 Å². The summed E-state index contributed by atoms with van der Waals surface area (Å²) in [5.74, 6) is 0.461. The first-order valence-corrected chi connectivity index (χ1v) is 6.63. The number of hydrogen-bond acceptors (Lipinski definition) is 3. The summed E-state index contributed by atoms with van der Waals surface area (Å²) in [4.78, 5) is 12.0. The number of carbonyl (C=O) groups excluding carboxylic acids is 1. The lowest BCUT2D eigenvalue weighted by Crippen LogP contribution is -2.15. The topological polar surface area (TPSA) is 86.5 Å². The molecule has 0 saturated carbocycles. The molecule has 20 heavy (non-hydrogen) atoms. The molecule has 0 aromatic carbocycles. The highest BCUT2D eigenvalue weighted by molar-refractivity contribution is 5.91. The van der Waals surface area contributed by atoms with Gasteiger partial charge >= 0.3 is 0 Å². The molecule has 2 heterocycles. The standard InChI is InChI=1S/C14H21N5O/c1-8-10(9(2)17-16-8)6-13(20)15-12-7-11(18-19-12)14(3,4)5/h7H,6H2,1-5H3,(H,16,17)(H2,15,18,19,20). The zero-order valence-electron chi connectivity index (χ0n) is 12.6. The molecule has 2 aromatic heterocycles. The van der Waals surface area contributed by atoms with Crippen LogP contribution in [0.15, 0.2) is 6.07 Å². The van der Waals surface area contributed by atoms with Crippen LogP contribution in [-0.4, -0.2) is 26.3 Å². The molecule has 108 valence electrons. The Morgan fingerprint density at radius 3 is 2.45 bits per heavy atom.